The van der Waals surface area contributed by atoms with Gasteiger partial charge in [-0.05, 0) is 35.6 Å². The van der Waals surface area contributed by atoms with E-state index >= 15 is 0 Å². The minimum absolute atomic E-state index is 0.105. The zero-order chi connectivity index (χ0) is 19.4. The monoisotopic (exact) mass is 387 g/mol. The summed E-state index contributed by atoms with van der Waals surface area (Å²) in [6.07, 6.45) is 0.594. The molecular weight excluding hydrogens is 366 g/mol. The number of thiophene rings is 1. The molecule has 0 aliphatic carbocycles. The second-order valence-electron chi connectivity index (χ2n) is 6.09. The molecule has 142 valence electrons. The number of amides is 1. The fourth-order valence-corrected chi connectivity index (χ4v) is 3.87. The number of hydrogen-bond acceptors (Lipinski definition) is 6. The molecule has 1 amide bonds. The van der Waals surface area contributed by atoms with Crippen molar-refractivity contribution in [3.63, 3.8) is 0 Å². The Morgan fingerprint density at radius 1 is 1.26 bits per heavy atom. The van der Waals surface area contributed by atoms with Crippen LogP contribution in [0.25, 0.3) is 0 Å². The molecule has 0 saturated carbocycles. The van der Waals surface area contributed by atoms with Gasteiger partial charge in [-0.3, -0.25) is 9.59 Å². The van der Waals surface area contributed by atoms with Gasteiger partial charge in [-0.15, -0.1) is 11.3 Å². The van der Waals surface area contributed by atoms with Crippen LogP contribution in [0.3, 0.4) is 0 Å². The van der Waals surface area contributed by atoms with Gasteiger partial charge >= 0.3 is 0 Å². The van der Waals surface area contributed by atoms with Crippen molar-refractivity contribution in [2.75, 3.05) is 27.4 Å². The van der Waals surface area contributed by atoms with Crippen LogP contribution < -0.4 is 4.74 Å². The van der Waals surface area contributed by atoms with Crippen molar-refractivity contribution in [3.8, 4) is 5.75 Å². The Morgan fingerprint density at radius 3 is 2.74 bits per heavy atom. The molecule has 0 spiro atoms. The Morgan fingerprint density at radius 2 is 2.07 bits per heavy atom. The zero-order valence-electron chi connectivity index (χ0n) is 15.2. The van der Waals surface area contributed by atoms with Crippen LogP contribution in [-0.4, -0.2) is 49.1 Å². The number of carbonyl (C=O) groups is 2. The van der Waals surface area contributed by atoms with E-state index in [2.05, 4.69) is 0 Å². The van der Waals surface area contributed by atoms with Crippen molar-refractivity contribution in [3.05, 3.63) is 63.6 Å². The summed E-state index contributed by atoms with van der Waals surface area (Å²) in [6, 6.07) is 9.98. The molecule has 0 unspecified atom stereocenters. The van der Waals surface area contributed by atoms with Crippen molar-refractivity contribution in [1.29, 1.82) is 0 Å². The molecule has 0 fully saturated rings. The zero-order valence-corrected chi connectivity index (χ0v) is 16.0. The number of rotatable bonds is 8. The third kappa shape index (κ3) is 3.74. The second kappa shape index (κ2) is 8.37. The summed E-state index contributed by atoms with van der Waals surface area (Å²) in [7, 11) is 3.15. The summed E-state index contributed by atoms with van der Waals surface area (Å²) >= 11 is 1.28. The number of nitrogens with zero attached hydrogens (tertiary/aromatic N) is 1. The van der Waals surface area contributed by atoms with Gasteiger partial charge in [0.25, 0.3) is 5.91 Å². The van der Waals surface area contributed by atoms with Crippen LogP contribution in [0.4, 0.5) is 0 Å². The molecule has 1 aliphatic heterocycles. The number of ketones is 1. The van der Waals surface area contributed by atoms with Gasteiger partial charge in [0.05, 0.1) is 23.6 Å². The van der Waals surface area contributed by atoms with Gasteiger partial charge in [0.2, 0.25) is 5.78 Å². The molecule has 1 aliphatic rings. The van der Waals surface area contributed by atoms with Gasteiger partial charge in [0, 0.05) is 20.3 Å². The lowest BCUT2D eigenvalue weighted by Gasteiger charge is -2.27. The average Bonchev–Trinajstić information content (AvgIpc) is 3.30. The quantitative estimate of drug-likeness (QED) is 0.555. The second-order valence-corrected chi connectivity index (χ2v) is 7.04. The summed E-state index contributed by atoms with van der Waals surface area (Å²) < 4.78 is 10.4. The SMILES string of the molecule is COCCCN1C(=O)C(O)=C(C(=O)c2cccs2)[C@@H]1c1cccc(OC)c1. The molecular formula is C20H21NO5S. The van der Waals surface area contributed by atoms with Crippen LogP contribution in [0.5, 0.6) is 5.75 Å². The highest BCUT2D eigenvalue weighted by molar-refractivity contribution is 7.12. The summed E-state index contributed by atoms with van der Waals surface area (Å²) in [5.74, 6) is -0.749. The number of Topliss-reactive ketones (excluding diaryl/α,β-unsaturated/α-hetero) is 1. The fourth-order valence-electron chi connectivity index (χ4n) is 3.19. The molecule has 2 aromatic rings. The molecule has 0 saturated heterocycles. The number of hydrogen-bond donors (Lipinski definition) is 1. The van der Waals surface area contributed by atoms with Crippen LogP contribution in [0.15, 0.2) is 53.1 Å². The minimum atomic E-state index is -0.668. The third-order valence-electron chi connectivity index (χ3n) is 4.45. The van der Waals surface area contributed by atoms with E-state index in [1.165, 1.54) is 16.2 Å². The lowest BCUT2D eigenvalue weighted by Crippen LogP contribution is -2.32. The van der Waals surface area contributed by atoms with Crippen molar-refractivity contribution in [2.45, 2.75) is 12.5 Å². The fraction of sp³-hybridized carbons (Fsp3) is 0.300. The first-order valence-corrected chi connectivity index (χ1v) is 9.41. The maximum absolute atomic E-state index is 13.0. The van der Waals surface area contributed by atoms with Gasteiger partial charge in [-0.1, -0.05) is 18.2 Å². The molecule has 7 heteroatoms. The first-order chi connectivity index (χ1) is 13.1. The van der Waals surface area contributed by atoms with Gasteiger partial charge in [0.1, 0.15) is 5.75 Å². The highest BCUT2D eigenvalue weighted by atomic mass is 32.1. The first kappa shape index (κ1) is 19.1. The predicted molar refractivity (Wildman–Crippen MR) is 102 cm³/mol. The lowest BCUT2D eigenvalue weighted by atomic mass is 9.95. The molecule has 1 atom stereocenters. The van der Waals surface area contributed by atoms with E-state index in [4.69, 9.17) is 9.47 Å². The number of carbonyl (C=O) groups excluding carboxylic acids is 2. The molecule has 1 aromatic heterocycles. The van der Waals surface area contributed by atoms with Crippen LogP contribution in [-0.2, 0) is 9.53 Å². The van der Waals surface area contributed by atoms with Crippen molar-refractivity contribution >= 4 is 23.0 Å². The van der Waals surface area contributed by atoms with Gasteiger partial charge in [-0.25, -0.2) is 0 Å². The standard InChI is InChI=1S/C20H21NO5S/c1-25-10-5-9-21-17(13-6-3-7-14(12-13)26-2)16(19(23)20(21)24)18(22)15-8-4-11-27-15/h3-4,6-8,11-12,17,23H,5,9-10H2,1-2H3/t17-/m0/s1. The molecule has 0 bridgehead atoms. The van der Waals surface area contributed by atoms with Crippen molar-refractivity contribution in [2.24, 2.45) is 0 Å². The number of benzene rings is 1. The third-order valence-corrected chi connectivity index (χ3v) is 5.32. The molecule has 0 radical (unpaired) electrons. The highest BCUT2D eigenvalue weighted by Crippen LogP contribution is 2.40. The van der Waals surface area contributed by atoms with Gasteiger partial charge in [-0.2, -0.15) is 0 Å². The normalized spacial score (nSPS) is 16.9. The van der Waals surface area contributed by atoms with Crippen LogP contribution >= 0.6 is 11.3 Å². The summed E-state index contributed by atoms with van der Waals surface area (Å²) in [5.41, 5.74) is 0.817. The predicted octanol–water partition coefficient (Wildman–Crippen LogP) is 3.37. The molecule has 6 nitrogen and oxygen atoms in total. The van der Waals surface area contributed by atoms with E-state index in [0.717, 1.165) is 0 Å². The maximum atomic E-state index is 13.0. The Balaban J connectivity index is 2.04. The maximum Gasteiger partial charge on any atom is 0.290 e. The number of methoxy groups -OCH3 is 2. The minimum Gasteiger partial charge on any atom is -0.503 e. The Bertz CT molecular complexity index is 859. The summed E-state index contributed by atoms with van der Waals surface area (Å²) in [6.45, 7) is 0.837. The number of aliphatic hydroxyl groups is 1. The van der Waals surface area contributed by atoms with Crippen LogP contribution in [0.2, 0.25) is 0 Å². The van der Waals surface area contributed by atoms with E-state index < -0.39 is 17.7 Å². The van der Waals surface area contributed by atoms with Gasteiger partial charge < -0.3 is 19.5 Å². The van der Waals surface area contributed by atoms with E-state index in [9.17, 15) is 14.7 Å². The summed E-state index contributed by atoms with van der Waals surface area (Å²) in [5, 5.41) is 12.3. The van der Waals surface area contributed by atoms with Gasteiger partial charge in [0.15, 0.2) is 5.76 Å². The molecule has 2 heterocycles. The molecule has 1 aromatic carbocycles. The highest BCUT2D eigenvalue weighted by Gasteiger charge is 2.43. The van der Waals surface area contributed by atoms with E-state index in [0.29, 0.717) is 35.8 Å². The first-order valence-electron chi connectivity index (χ1n) is 8.53. The van der Waals surface area contributed by atoms with Crippen molar-refractivity contribution in [1.82, 2.24) is 4.90 Å². The summed E-state index contributed by atoms with van der Waals surface area (Å²) in [4.78, 5) is 27.8. The van der Waals surface area contributed by atoms with E-state index in [-0.39, 0.29) is 11.4 Å². The molecule has 27 heavy (non-hydrogen) atoms. The largest absolute Gasteiger partial charge is 0.503 e. The Labute approximate surface area is 161 Å². The number of aliphatic hydroxyl groups excluding tert-OH is 1. The van der Waals surface area contributed by atoms with Crippen LogP contribution in [0.1, 0.15) is 27.7 Å². The van der Waals surface area contributed by atoms with Crippen LogP contribution in [0, 0.1) is 0 Å². The topological polar surface area (TPSA) is 76.1 Å². The smallest absolute Gasteiger partial charge is 0.290 e. The lowest BCUT2D eigenvalue weighted by molar-refractivity contribution is -0.129. The Hall–Kier alpha value is -2.64. The molecule has 3 rings (SSSR count). The van der Waals surface area contributed by atoms with E-state index in [1.807, 2.05) is 6.07 Å². The van der Waals surface area contributed by atoms with E-state index in [1.54, 1.807) is 49.9 Å². The average molecular weight is 387 g/mol. The van der Waals surface area contributed by atoms with Crippen molar-refractivity contribution < 1.29 is 24.2 Å². The molecule has 1 N–H and O–H groups in total. The Kier molecular flexibility index (Phi) is 5.93. The number of ether oxygens (including phenoxy) is 2.